The van der Waals surface area contributed by atoms with E-state index in [0.29, 0.717) is 5.92 Å². The Morgan fingerprint density at radius 3 is 1.94 bits per heavy atom. The topological polar surface area (TPSA) is 39.7 Å². The number of rotatable bonds is 7. The van der Waals surface area contributed by atoms with Crippen LogP contribution in [-0.2, 0) is 14.2 Å². The quantitative estimate of drug-likeness (QED) is 0.545. The van der Waals surface area contributed by atoms with Crippen molar-refractivity contribution in [3.05, 3.63) is 0 Å². The predicted octanol–water partition coefficient (Wildman–Crippen LogP) is 0.542. The first-order valence-corrected chi connectivity index (χ1v) is 6.31. The van der Waals surface area contributed by atoms with Crippen LogP contribution in [0.2, 0.25) is 0 Å². The molecule has 1 N–H and O–H groups in total. The third-order valence-corrected chi connectivity index (χ3v) is 4.54. The van der Waals surface area contributed by atoms with Gasteiger partial charge in [0.05, 0.1) is 5.60 Å². The van der Waals surface area contributed by atoms with Gasteiger partial charge in [0.2, 0.25) is 0 Å². The second-order valence-electron chi connectivity index (χ2n) is 5.49. The normalized spacial score (nSPS) is 29.8. The van der Waals surface area contributed by atoms with E-state index in [0.717, 1.165) is 13.1 Å². The van der Waals surface area contributed by atoms with E-state index in [1.165, 1.54) is 0 Å². The van der Waals surface area contributed by atoms with Gasteiger partial charge in [-0.05, 0) is 23.4 Å². The molecule has 1 fully saturated rings. The van der Waals surface area contributed by atoms with Gasteiger partial charge in [-0.15, -0.1) is 0 Å². The molecule has 18 heavy (non-hydrogen) atoms. The molecular formula is C13H31NO3Si. The molecule has 1 rings (SSSR count). The van der Waals surface area contributed by atoms with Gasteiger partial charge in [0.1, 0.15) is 0 Å². The molecule has 1 aliphatic carbocycles. The minimum atomic E-state index is -0.975. The van der Waals surface area contributed by atoms with Crippen molar-refractivity contribution < 1.29 is 14.2 Å². The van der Waals surface area contributed by atoms with Crippen LogP contribution in [0.15, 0.2) is 0 Å². The van der Waals surface area contributed by atoms with Crippen molar-refractivity contribution >= 4 is 11.0 Å². The summed E-state index contributed by atoms with van der Waals surface area (Å²) >= 11 is 0. The summed E-state index contributed by atoms with van der Waals surface area (Å²) in [5.41, 5.74) is -0.0860. The maximum absolute atomic E-state index is 6.16. The van der Waals surface area contributed by atoms with E-state index >= 15 is 0 Å². The zero-order chi connectivity index (χ0) is 13.3. The molecule has 0 bridgehead atoms. The molecule has 0 heterocycles. The maximum atomic E-state index is 6.16. The summed E-state index contributed by atoms with van der Waals surface area (Å²) in [6, 6.07) is 0. The Bertz CT molecular complexity index is 269. The molecule has 1 aliphatic rings. The lowest BCUT2D eigenvalue weighted by molar-refractivity contribution is -0.375. The molecule has 5 heteroatoms. The fourth-order valence-corrected chi connectivity index (χ4v) is 2.52. The van der Waals surface area contributed by atoms with Gasteiger partial charge in [0, 0.05) is 33.1 Å². The molecular weight excluding hydrogens is 246 g/mol. The summed E-state index contributed by atoms with van der Waals surface area (Å²) in [6.07, 6.45) is 0. The second-order valence-corrected chi connectivity index (χ2v) is 5.49. The molecule has 0 spiro atoms. The summed E-state index contributed by atoms with van der Waals surface area (Å²) in [7, 11) is 3.20. The molecule has 0 aromatic rings. The Hall–Kier alpha value is 0.0569. The van der Waals surface area contributed by atoms with Crippen molar-refractivity contribution in [3.8, 4) is 0 Å². The van der Waals surface area contributed by atoms with Crippen LogP contribution in [0.4, 0.5) is 0 Å². The summed E-state index contributed by atoms with van der Waals surface area (Å²) in [4.78, 5) is 0. The van der Waals surface area contributed by atoms with E-state index in [-0.39, 0.29) is 22.0 Å². The van der Waals surface area contributed by atoms with Gasteiger partial charge in [-0.2, -0.15) is 0 Å². The molecule has 2 atom stereocenters. The highest BCUT2D eigenvalue weighted by atomic mass is 28.1. The van der Waals surface area contributed by atoms with Gasteiger partial charge >= 0.3 is 0 Å². The van der Waals surface area contributed by atoms with E-state index in [2.05, 4.69) is 33.0 Å². The Balaban J connectivity index is 0.00000289. The van der Waals surface area contributed by atoms with E-state index in [9.17, 15) is 0 Å². The molecule has 0 amide bonds. The van der Waals surface area contributed by atoms with Gasteiger partial charge in [-0.1, -0.05) is 27.7 Å². The summed E-state index contributed by atoms with van der Waals surface area (Å²) < 4.78 is 16.8. The first kappa shape index (κ1) is 18.1. The summed E-state index contributed by atoms with van der Waals surface area (Å²) in [5.74, 6) is -0.504. The van der Waals surface area contributed by atoms with Crippen molar-refractivity contribution in [2.75, 3.05) is 27.3 Å². The monoisotopic (exact) mass is 277 g/mol. The Morgan fingerprint density at radius 1 is 1.22 bits per heavy atom. The van der Waals surface area contributed by atoms with Crippen molar-refractivity contribution in [3.63, 3.8) is 0 Å². The zero-order valence-electron chi connectivity index (χ0n) is 12.2. The summed E-state index contributed by atoms with van der Waals surface area (Å²) in [5, 5.41) is 3.37. The van der Waals surface area contributed by atoms with E-state index in [1.54, 1.807) is 14.2 Å². The third-order valence-electron chi connectivity index (χ3n) is 4.54. The Kier molecular flexibility index (Phi) is 6.03. The number of ether oxygens (including phenoxy) is 3. The van der Waals surface area contributed by atoms with Crippen LogP contribution < -0.4 is 5.32 Å². The lowest BCUT2D eigenvalue weighted by atomic mass is 10.1. The van der Waals surface area contributed by atoms with E-state index in [1.807, 2.05) is 6.92 Å². The fraction of sp³-hybridized carbons (Fsp3) is 1.00. The molecule has 0 aromatic heterocycles. The molecule has 0 radical (unpaired) electrons. The van der Waals surface area contributed by atoms with Crippen LogP contribution in [0.25, 0.3) is 0 Å². The van der Waals surface area contributed by atoms with Gasteiger partial charge in [-0.3, -0.25) is 0 Å². The van der Waals surface area contributed by atoms with Crippen molar-refractivity contribution in [1.82, 2.24) is 5.32 Å². The Morgan fingerprint density at radius 2 is 1.67 bits per heavy atom. The predicted molar refractivity (Wildman–Crippen MR) is 79.1 cm³/mol. The first-order valence-electron chi connectivity index (χ1n) is 6.31. The molecule has 4 nitrogen and oxygen atoms in total. The van der Waals surface area contributed by atoms with Crippen molar-refractivity contribution in [2.24, 2.45) is 11.3 Å². The highest BCUT2D eigenvalue weighted by molar-refractivity contribution is 5.75. The standard InChI is InChI=1S/C13H27NO3.H4Si/c1-8-14-9-13(10(2)11(13,3)4)17-12(5,15-6)16-7;/h10,14H,8-9H2,1-7H3;1H4. The first-order chi connectivity index (χ1) is 7.79. The highest BCUT2D eigenvalue weighted by Crippen LogP contribution is 2.64. The minimum Gasteiger partial charge on any atom is -0.331 e. The largest absolute Gasteiger partial charge is 0.331 e. The van der Waals surface area contributed by atoms with Crippen molar-refractivity contribution in [2.45, 2.75) is 46.2 Å². The van der Waals surface area contributed by atoms with Crippen LogP contribution in [0.3, 0.4) is 0 Å². The lowest BCUT2D eigenvalue weighted by Gasteiger charge is -2.33. The molecule has 0 saturated heterocycles. The smallest absolute Gasteiger partial charge is 0.279 e. The zero-order valence-corrected chi connectivity index (χ0v) is 12.2. The maximum Gasteiger partial charge on any atom is 0.279 e. The molecule has 2 unspecified atom stereocenters. The average molecular weight is 277 g/mol. The number of hydrogen-bond donors (Lipinski definition) is 1. The molecule has 1 saturated carbocycles. The van der Waals surface area contributed by atoms with Crippen LogP contribution in [0, 0.1) is 11.3 Å². The third kappa shape index (κ3) is 2.80. The Labute approximate surface area is 116 Å². The lowest BCUT2D eigenvalue weighted by Crippen LogP contribution is -2.45. The number of hydrogen-bond acceptors (Lipinski definition) is 4. The van der Waals surface area contributed by atoms with Crippen LogP contribution in [0.1, 0.15) is 34.6 Å². The van der Waals surface area contributed by atoms with Gasteiger partial charge in [0.25, 0.3) is 5.97 Å². The molecule has 110 valence electrons. The van der Waals surface area contributed by atoms with Crippen LogP contribution in [0.5, 0.6) is 0 Å². The highest BCUT2D eigenvalue weighted by Gasteiger charge is 2.71. The fourth-order valence-electron chi connectivity index (χ4n) is 2.52. The number of methoxy groups -OCH3 is 2. The van der Waals surface area contributed by atoms with Crippen LogP contribution >= 0.6 is 0 Å². The van der Waals surface area contributed by atoms with Gasteiger partial charge < -0.3 is 19.5 Å². The molecule has 0 aliphatic heterocycles. The number of likely N-dealkylation sites (N-methyl/N-ethyl adjacent to an activating group) is 1. The minimum absolute atomic E-state index is 0. The van der Waals surface area contributed by atoms with E-state index < -0.39 is 5.97 Å². The SMILES string of the molecule is CCNCC1(OC(C)(OC)OC)C(C)C1(C)C.[SiH4]. The van der Waals surface area contributed by atoms with Gasteiger partial charge in [-0.25, -0.2) is 0 Å². The van der Waals surface area contributed by atoms with E-state index in [4.69, 9.17) is 14.2 Å². The second kappa shape index (κ2) is 6.01. The summed E-state index contributed by atoms with van der Waals surface area (Å²) in [6.45, 7) is 12.3. The van der Waals surface area contributed by atoms with Crippen LogP contribution in [-0.4, -0.2) is 49.8 Å². The van der Waals surface area contributed by atoms with Gasteiger partial charge in [0.15, 0.2) is 0 Å². The molecule has 0 aromatic carbocycles. The number of nitrogens with one attached hydrogen (secondary N) is 1. The average Bonchev–Trinajstić information content (AvgIpc) is 2.71. The van der Waals surface area contributed by atoms with Crippen molar-refractivity contribution in [1.29, 1.82) is 0 Å².